The lowest BCUT2D eigenvalue weighted by molar-refractivity contribution is -0.137. The molecule has 0 heterocycles. The van der Waals surface area contributed by atoms with E-state index in [-0.39, 0.29) is 13.0 Å². The third kappa shape index (κ3) is 11.2. The maximum atomic E-state index is 11.6. The molecule has 0 aliphatic carbocycles. The Bertz CT molecular complexity index is 162. The molecule has 0 saturated carbocycles. The lowest BCUT2D eigenvalue weighted by atomic mass is 10.3. The van der Waals surface area contributed by atoms with Crippen molar-refractivity contribution in [1.82, 2.24) is 0 Å². The van der Waals surface area contributed by atoms with E-state index in [1.807, 2.05) is 6.07 Å². The Morgan fingerprint density at radius 1 is 1.15 bits per heavy atom. The molecule has 0 fully saturated rings. The largest absolute Gasteiger partial charge is 0.389 e. The van der Waals surface area contributed by atoms with Gasteiger partial charge in [-0.1, -0.05) is 0 Å². The molecule has 13 heavy (non-hydrogen) atoms. The summed E-state index contributed by atoms with van der Waals surface area (Å²) in [7, 11) is 0. The highest BCUT2D eigenvalue weighted by Crippen LogP contribution is 2.20. The lowest BCUT2D eigenvalue weighted by Crippen LogP contribution is -2.09. The van der Waals surface area contributed by atoms with Gasteiger partial charge in [-0.2, -0.15) is 18.4 Å². The molecule has 0 aromatic heterocycles. The van der Waals surface area contributed by atoms with Crippen molar-refractivity contribution < 1.29 is 17.9 Å². The molecule has 0 aromatic rings. The van der Waals surface area contributed by atoms with Crippen LogP contribution in [0.3, 0.4) is 0 Å². The maximum Gasteiger partial charge on any atom is 0.389 e. The molecule has 5 heteroatoms. The first kappa shape index (κ1) is 12.2. The van der Waals surface area contributed by atoms with Crippen LogP contribution in [0.5, 0.6) is 0 Å². The van der Waals surface area contributed by atoms with Crippen LogP contribution in [-0.4, -0.2) is 19.4 Å². The summed E-state index contributed by atoms with van der Waals surface area (Å²) in [4.78, 5) is 0. The van der Waals surface area contributed by atoms with Crippen molar-refractivity contribution in [1.29, 1.82) is 5.26 Å². The van der Waals surface area contributed by atoms with Crippen LogP contribution in [0.15, 0.2) is 0 Å². The minimum Gasteiger partial charge on any atom is -0.381 e. The summed E-state index contributed by atoms with van der Waals surface area (Å²) >= 11 is 0. The topological polar surface area (TPSA) is 33.0 Å². The molecule has 0 aliphatic rings. The Labute approximate surface area is 75.3 Å². The third-order valence-electron chi connectivity index (χ3n) is 1.33. The Balaban J connectivity index is 3.05. The number of rotatable bonds is 6. The number of halogens is 3. The van der Waals surface area contributed by atoms with E-state index in [0.717, 1.165) is 0 Å². The summed E-state index contributed by atoms with van der Waals surface area (Å²) in [5, 5.41) is 8.12. The Morgan fingerprint density at radius 3 is 2.31 bits per heavy atom. The zero-order valence-electron chi connectivity index (χ0n) is 7.23. The summed E-state index contributed by atoms with van der Waals surface area (Å²) in [5.74, 6) is 0. The molecule has 0 bridgehead atoms. The molecule has 0 rings (SSSR count). The van der Waals surface area contributed by atoms with Crippen LogP contribution in [0.4, 0.5) is 13.2 Å². The van der Waals surface area contributed by atoms with Gasteiger partial charge in [-0.25, -0.2) is 0 Å². The molecule has 2 nitrogen and oxygen atoms in total. The normalized spacial score (nSPS) is 11.2. The van der Waals surface area contributed by atoms with Gasteiger partial charge in [-0.15, -0.1) is 0 Å². The first-order valence-electron chi connectivity index (χ1n) is 4.08. The lowest BCUT2D eigenvalue weighted by Gasteiger charge is -2.05. The molecule has 0 aromatic carbocycles. The highest BCUT2D eigenvalue weighted by atomic mass is 19.4. The van der Waals surface area contributed by atoms with Gasteiger partial charge in [0.05, 0.1) is 6.07 Å². The molecule has 0 saturated heterocycles. The van der Waals surface area contributed by atoms with Gasteiger partial charge in [0.25, 0.3) is 0 Å². The molecular formula is C8H12F3NO. The van der Waals surface area contributed by atoms with Crippen LogP contribution in [0.1, 0.15) is 25.7 Å². The van der Waals surface area contributed by atoms with Crippen LogP contribution in [0, 0.1) is 11.3 Å². The third-order valence-corrected chi connectivity index (χ3v) is 1.33. The van der Waals surface area contributed by atoms with Gasteiger partial charge in [0.2, 0.25) is 0 Å². The first-order valence-corrected chi connectivity index (χ1v) is 4.08. The SMILES string of the molecule is N#CCCCOCCCC(F)(F)F. The molecule has 0 unspecified atom stereocenters. The van der Waals surface area contributed by atoms with Gasteiger partial charge in [0, 0.05) is 26.1 Å². The number of nitriles is 1. The second-order valence-electron chi connectivity index (χ2n) is 2.59. The van der Waals surface area contributed by atoms with Gasteiger partial charge < -0.3 is 4.74 Å². The van der Waals surface area contributed by atoms with Crippen molar-refractivity contribution in [2.45, 2.75) is 31.9 Å². The summed E-state index contributed by atoms with van der Waals surface area (Å²) in [6.07, 6.45) is -3.92. The van der Waals surface area contributed by atoms with Crippen LogP contribution < -0.4 is 0 Å². The van der Waals surface area contributed by atoms with E-state index in [1.165, 1.54) is 0 Å². The predicted octanol–water partition coefficient (Wildman–Crippen LogP) is 2.65. The average molecular weight is 195 g/mol. The van der Waals surface area contributed by atoms with Crippen molar-refractivity contribution in [3.05, 3.63) is 0 Å². The summed E-state index contributed by atoms with van der Waals surface area (Å²) in [5.41, 5.74) is 0. The van der Waals surface area contributed by atoms with Crippen molar-refractivity contribution in [2.24, 2.45) is 0 Å². The van der Waals surface area contributed by atoms with E-state index in [0.29, 0.717) is 19.4 Å². The highest BCUT2D eigenvalue weighted by molar-refractivity contribution is 4.67. The van der Waals surface area contributed by atoms with E-state index in [1.54, 1.807) is 0 Å². The Morgan fingerprint density at radius 2 is 1.77 bits per heavy atom. The maximum absolute atomic E-state index is 11.6. The van der Waals surface area contributed by atoms with Gasteiger partial charge >= 0.3 is 6.18 Å². The van der Waals surface area contributed by atoms with Crippen LogP contribution in [0.25, 0.3) is 0 Å². The standard InChI is InChI=1S/C8H12F3NO/c9-8(10,11)4-3-7-13-6-2-1-5-12/h1-4,6-7H2. The Hall–Kier alpha value is -0.760. The number of nitrogens with zero attached hydrogens (tertiary/aromatic N) is 1. The summed E-state index contributed by atoms with van der Waals surface area (Å²) in [6.45, 7) is 0.482. The fourth-order valence-corrected chi connectivity index (χ4v) is 0.730. The monoisotopic (exact) mass is 195 g/mol. The number of alkyl halides is 3. The highest BCUT2D eigenvalue weighted by Gasteiger charge is 2.25. The zero-order chi connectivity index (χ0) is 10.2. The van der Waals surface area contributed by atoms with E-state index in [9.17, 15) is 13.2 Å². The van der Waals surface area contributed by atoms with Crippen molar-refractivity contribution >= 4 is 0 Å². The molecule has 0 radical (unpaired) electrons. The van der Waals surface area contributed by atoms with Crippen LogP contribution in [0.2, 0.25) is 0 Å². The van der Waals surface area contributed by atoms with Crippen LogP contribution >= 0.6 is 0 Å². The van der Waals surface area contributed by atoms with E-state index in [4.69, 9.17) is 10.00 Å². The molecule has 0 aliphatic heterocycles. The van der Waals surface area contributed by atoms with Gasteiger partial charge in [-0.05, 0) is 12.8 Å². The van der Waals surface area contributed by atoms with Gasteiger partial charge in [-0.3, -0.25) is 0 Å². The molecule has 0 spiro atoms. The second-order valence-corrected chi connectivity index (χ2v) is 2.59. The molecule has 0 amide bonds. The fraction of sp³-hybridized carbons (Fsp3) is 0.875. The second kappa shape index (κ2) is 6.72. The predicted molar refractivity (Wildman–Crippen MR) is 41.0 cm³/mol. The molecule has 0 atom stereocenters. The first-order chi connectivity index (χ1) is 6.06. The van der Waals surface area contributed by atoms with Gasteiger partial charge in [0.1, 0.15) is 0 Å². The fourth-order valence-electron chi connectivity index (χ4n) is 0.730. The molecule has 76 valence electrons. The van der Waals surface area contributed by atoms with Gasteiger partial charge in [0.15, 0.2) is 0 Å². The zero-order valence-corrected chi connectivity index (χ0v) is 7.23. The van der Waals surface area contributed by atoms with Crippen molar-refractivity contribution in [3.63, 3.8) is 0 Å². The summed E-state index contributed by atoms with van der Waals surface area (Å²) < 4.78 is 39.6. The van der Waals surface area contributed by atoms with E-state index < -0.39 is 12.6 Å². The van der Waals surface area contributed by atoms with Crippen LogP contribution in [-0.2, 0) is 4.74 Å². The molecular weight excluding hydrogens is 183 g/mol. The minimum absolute atomic E-state index is 0.00392. The number of hydrogen-bond acceptors (Lipinski definition) is 2. The smallest absolute Gasteiger partial charge is 0.381 e. The number of hydrogen-bond donors (Lipinski definition) is 0. The number of unbranched alkanes of at least 4 members (excludes halogenated alkanes) is 1. The van der Waals surface area contributed by atoms with E-state index in [2.05, 4.69) is 0 Å². The average Bonchev–Trinajstić information content (AvgIpc) is 2.01. The van der Waals surface area contributed by atoms with Crippen molar-refractivity contribution in [2.75, 3.05) is 13.2 Å². The molecule has 0 N–H and O–H groups in total. The number of ether oxygens (including phenoxy) is 1. The quantitative estimate of drug-likeness (QED) is 0.610. The minimum atomic E-state index is -4.09. The summed E-state index contributed by atoms with van der Waals surface area (Å²) in [6, 6.07) is 1.92. The van der Waals surface area contributed by atoms with E-state index >= 15 is 0 Å². The van der Waals surface area contributed by atoms with Crippen molar-refractivity contribution in [3.8, 4) is 6.07 Å². The Kier molecular flexibility index (Phi) is 6.33.